The number of carbonyl (C=O) groups is 2. The highest BCUT2D eigenvalue weighted by Crippen LogP contribution is 2.30. The number of esters is 1. The van der Waals surface area contributed by atoms with Gasteiger partial charge in [0.05, 0.1) is 12.8 Å². The maximum absolute atomic E-state index is 12.2. The summed E-state index contributed by atoms with van der Waals surface area (Å²) in [5, 5.41) is 3.17. The Labute approximate surface area is 160 Å². The van der Waals surface area contributed by atoms with Crippen LogP contribution in [-0.4, -0.2) is 35.0 Å². The zero-order valence-electron chi connectivity index (χ0n) is 15.1. The minimum Gasteiger partial charge on any atom is -0.495 e. The van der Waals surface area contributed by atoms with E-state index in [0.717, 1.165) is 11.3 Å². The predicted octanol–water partition coefficient (Wildman–Crippen LogP) is 3.41. The number of ether oxygens (including phenoxy) is 2. The van der Waals surface area contributed by atoms with Crippen LogP contribution in [0.4, 0.5) is 5.69 Å². The molecule has 27 heavy (non-hydrogen) atoms. The molecule has 0 atom stereocenters. The molecule has 2 aromatic heterocycles. The summed E-state index contributed by atoms with van der Waals surface area (Å²) in [4.78, 5) is 28.5. The van der Waals surface area contributed by atoms with Gasteiger partial charge in [-0.05, 0) is 37.6 Å². The number of carbonyl (C=O) groups excluding carboxylic acids is 2. The van der Waals surface area contributed by atoms with E-state index in [0.29, 0.717) is 22.1 Å². The lowest BCUT2D eigenvalue weighted by Gasteiger charge is -2.12. The summed E-state index contributed by atoms with van der Waals surface area (Å²) in [6.07, 6.45) is 1.58. The van der Waals surface area contributed by atoms with Crippen LogP contribution in [0, 0.1) is 13.8 Å². The van der Waals surface area contributed by atoms with Crippen LogP contribution < -0.4 is 10.1 Å². The van der Waals surface area contributed by atoms with E-state index in [2.05, 4.69) is 10.3 Å². The smallest absolute Gasteiger partial charge is 0.359 e. The van der Waals surface area contributed by atoms with E-state index in [1.165, 1.54) is 7.11 Å². The second kappa shape index (κ2) is 7.67. The van der Waals surface area contributed by atoms with Gasteiger partial charge in [-0.3, -0.25) is 4.79 Å². The molecule has 0 aliphatic rings. The summed E-state index contributed by atoms with van der Waals surface area (Å²) in [5.74, 6) is -0.753. The van der Waals surface area contributed by atoms with Gasteiger partial charge >= 0.3 is 5.97 Å². The zero-order chi connectivity index (χ0) is 19.6. The Morgan fingerprint density at radius 2 is 2.04 bits per heavy atom. The number of hydrogen-bond acceptors (Lipinski definition) is 5. The molecule has 1 N–H and O–H groups in total. The van der Waals surface area contributed by atoms with Gasteiger partial charge in [-0.1, -0.05) is 17.7 Å². The van der Waals surface area contributed by atoms with E-state index in [1.54, 1.807) is 28.8 Å². The van der Waals surface area contributed by atoms with Gasteiger partial charge in [0.2, 0.25) is 0 Å². The van der Waals surface area contributed by atoms with Gasteiger partial charge in [-0.25, -0.2) is 9.78 Å². The van der Waals surface area contributed by atoms with Gasteiger partial charge in [0.25, 0.3) is 5.91 Å². The van der Waals surface area contributed by atoms with Crippen molar-refractivity contribution in [2.45, 2.75) is 13.8 Å². The third-order valence-electron chi connectivity index (χ3n) is 3.99. The third-order valence-corrected chi connectivity index (χ3v) is 4.40. The standard InChI is InChI=1S/C19H18ClN3O4/c1-11-7-14(16(26-3)8-13(11)20)22-18(24)10-27-19(25)15-9-23-12(2)5-4-6-17(23)21-15/h4-9H,10H2,1-3H3,(H,22,24). The minimum absolute atomic E-state index is 0.136. The van der Waals surface area contributed by atoms with Crippen LogP contribution in [0.25, 0.3) is 5.65 Å². The summed E-state index contributed by atoms with van der Waals surface area (Å²) >= 11 is 6.05. The second-order valence-electron chi connectivity index (χ2n) is 5.95. The first-order valence-electron chi connectivity index (χ1n) is 8.15. The number of methoxy groups -OCH3 is 1. The molecule has 0 spiro atoms. The molecule has 0 saturated heterocycles. The van der Waals surface area contributed by atoms with Gasteiger partial charge < -0.3 is 19.2 Å². The van der Waals surface area contributed by atoms with Crippen molar-refractivity contribution in [2.24, 2.45) is 0 Å². The fourth-order valence-corrected chi connectivity index (χ4v) is 2.72. The SMILES string of the molecule is COc1cc(Cl)c(C)cc1NC(=O)COC(=O)c1cn2c(C)cccc2n1. The normalized spacial score (nSPS) is 10.7. The lowest BCUT2D eigenvalue weighted by atomic mass is 10.2. The number of amides is 1. The number of anilines is 1. The van der Waals surface area contributed by atoms with Crippen molar-refractivity contribution in [2.75, 3.05) is 19.0 Å². The first kappa shape index (κ1) is 18.7. The van der Waals surface area contributed by atoms with E-state index < -0.39 is 18.5 Å². The molecule has 0 aliphatic carbocycles. The Balaban J connectivity index is 1.66. The number of rotatable bonds is 5. The number of pyridine rings is 1. The molecular weight excluding hydrogens is 370 g/mol. The molecule has 3 rings (SSSR count). The zero-order valence-corrected chi connectivity index (χ0v) is 15.8. The van der Waals surface area contributed by atoms with Crippen molar-refractivity contribution in [1.29, 1.82) is 0 Å². The topological polar surface area (TPSA) is 81.9 Å². The maximum Gasteiger partial charge on any atom is 0.359 e. The molecule has 3 aromatic rings. The van der Waals surface area contributed by atoms with Gasteiger partial charge in [-0.15, -0.1) is 0 Å². The fourth-order valence-electron chi connectivity index (χ4n) is 2.57. The van der Waals surface area contributed by atoms with Gasteiger partial charge in [0, 0.05) is 23.0 Å². The van der Waals surface area contributed by atoms with E-state index in [4.69, 9.17) is 21.1 Å². The van der Waals surface area contributed by atoms with Gasteiger partial charge in [0.15, 0.2) is 12.3 Å². The van der Waals surface area contributed by atoms with E-state index in [9.17, 15) is 9.59 Å². The number of benzene rings is 1. The quantitative estimate of drug-likeness (QED) is 0.678. The molecule has 2 heterocycles. The molecule has 0 aliphatic heterocycles. The molecule has 0 unspecified atom stereocenters. The van der Waals surface area contributed by atoms with E-state index >= 15 is 0 Å². The Morgan fingerprint density at radius 1 is 1.26 bits per heavy atom. The van der Waals surface area contributed by atoms with Gasteiger partial charge in [0.1, 0.15) is 11.4 Å². The molecule has 1 aromatic carbocycles. The number of nitrogens with zero attached hydrogens (tertiary/aromatic N) is 2. The maximum atomic E-state index is 12.2. The molecule has 140 valence electrons. The number of fused-ring (bicyclic) bond motifs is 1. The van der Waals surface area contributed by atoms with Crippen molar-refractivity contribution in [3.8, 4) is 5.75 Å². The van der Waals surface area contributed by atoms with E-state index in [1.807, 2.05) is 26.0 Å². The molecule has 0 fully saturated rings. The van der Waals surface area contributed by atoms with Crippen LogP contribution in [0.15, 0.2) is 36.5 Å². The summed E-state index contributed by atoms with van der Waals surface area (Å²) in [5.41, 5.74) is 2.93. The fraction of sp³-hybridized carbons (Fsp3) is 0.211. The van der Waals surface area contributed by atoms with Crippen LogP contribution >= 0.6 is 11.6 Å². The molecule has 8 heteroatoms. The van der Waals surface area contributed by atoms with Crippen molar-refractivity contribution in [3.05, 3.63) is 58.5 Å². The summed E-state index contributed by atoms with van der Waals surface area (Å²) in [6, 6.07) is 8.83. The number of hydrogen-bond donors (Lipinski definition) is 1. The largest absolute Gasteiger partial charge is 0.495 e. The van der Waals surface area contributed by atoms with Crippen LogP contribution in [0.2, 0.25) is 5.02 Å². The average Bonchev–Trinajstić information content (AvgIpc) is 3.08. The van der Waals surface area contributed by atoms with Crippen LogP contribution in [-0.2, 0) is 9.53 Å². The number of halogens is 1. The van der Waals surface area contributed by atoms with Crippen molar-refractivity contribution >= 4 is 34.8 Å². The third kappa shape index (κ3) is 4.03. The van der Waals surface area contributed by atoms with Gasteiger partial charge in [-0.2, -0.15) is 0 Å². The highest BCUT2D eigenvalue weighted by Gasteiger charge is 2.16. The molecule has 0 bridgehead atoms. The summed E-state index contributed by atoms with van der Waals surface area (Å²) < 4.78 is 12.0. The Morgan fingerprint density at radius 3 is 2.74 bits per heavy atom. The number of aromatic nitrogens is 2. The highest BCUT2D eigenvalue weighted by atomic mass is 35.5. The van der Waals surface area contributed by atoms with Crippen molar-refractivity contribution in [1.82, 2.24) is 9.38 Å². The lowest BCUT2D eigenvalue weighted by molar-refractivity contribution is -0.119. The molecule has 0 radical (unpaired) electrons. The molecular formula is C19H18ClN3O4. The van der Waals surface area contributed by atoms with Crippen LogP contribution in [0.5, 0.6) is 5.75 Å². The predicted molar refractivity (Wildman–Crippen MR) is 102 cm³/mol. The molecule has 7 nitrogen and oxygen atoms in total. The summed E-state index contributed by atoms with van der Waals surface area (Å²) in [7, 11) is 1.47. The molecule has 0 saturated carbocycles. The second-order valence-corrected chi connectivity index (χ2v) is 6.35. The summed E-state index contributed by atoms with van der Waals surface area (Å²) in [6.45, 7) is 3.26. The molecule has 1 amide bonds. The average molecular weight is 388 g/mol. The monoisotopic (exact) mass is 387 g/mol. The number of nitrogens with one attached hydrogen (secondary N) is 1. The van der Waals surface area contributed by atoms with Crippen LogP contribution in [0.1, 0.15) is 21.7 Å². The van der Waals surface area contributed by atoms with Crippen LogP contribution in [0.3, 0.4) is 0 Å². The van der Waals surface area contributed by atoms with E-state index in [-0.39, 0.29) is 5.69 Å². The minimum atomic E-state index is -0.674. The number of aryl methyl sites for hydroxylation is 2. The Hall–Kier alpha value is -3.06. The highest BCUT2D eigenvalue weighted by molar-refractivity contribution is 6.31. The first-order chi connectivity index (χ1) is 12.9. The van der Waals surface area contributed by atoms with Crippen molar-refractivity contribution in [3.63, 3.8) is 0 Å². The Bertz CT molecular complexity index is 1030. The first-order valence-corrected chi connectivity index (χ1v) is 8.52. The lowest BCUT2D eigenvalue weighted by Crippen LogP contribution is -2.21. The number of imidazole rings is 1. The Kier molecular flexibility index (Phi) is 5.32. The van der Waals surface area contributed by atoms with Crippen molar-refractivity contribution < 1.29 is 19.1 Å².